The lowest BCUT2D eigenvalue weighted by Gasteiger charge is -2.34. The molecule has 0 bridgehead atoms. The number of fused-ring (bicyclic) bond motifs is 1. The highest BCUT2D eigenvalue weighted by Crippen LogP contribution is 2.27. The molecule has 3 aromatic heterocycles. The molecule has 2 amide bonds. The second-order valence-corrected chi connectivity index (χ2v) is 7.15. The van der Waals surface area contributed by atoms with Crippen LogP contribution in [0.25, 0.3) is 22.3 Å². The number of pyridine rings is 1. The average molecular weight is 369 g/mol. The number of amides is 2. The Labute approximate surface area is 154 Å². The number of aromatic nitrogens is 3. The molecule has 0 saturated carbocycles. The first kappa shape index (κ1) is 16.7. The fourth-order valence-corrected chi connectivity index (χ4v) is 3.89. The van der Waals surface area contributed by atoms with E-state index in [0.717, 1.165) is 16.6 Å². The zero-order valence-corrected chi connectivity index (χ0v) is 15.5. The molecule has 26 heavy (non-hydrogen) atoms. The van der Waals surface area contributed by atoms with E-state index in [2.05, 4.69) is 10.1 Å². The van der Waals surface area contributed by atoms with Crippen LogP contribution in [-0.4, -0.2) is 62.6 Å². The number of carbonyl (C=O) groups is 2. The molecule has 0 spiro atoms. The lowest BCUT2D eigenvalue weighted by Crippen LogP contribution is -2.50. The smallest absolute Gasteiger partial charge is 0.254 e. The molecule has 0 atom stereocenters. The first-order valence-electron chi connectivity index (χ1n) is 8.44. The van der Waals surface area contributed by atoms with Crippen molar-refractivity contribution in [1.82, 2.24) is 24.6 Å². The van der Waals surface area contributed by atoms with Gasteiger partial charge < -0.3 is 9.80 Å². The first-order chi connectivity index (χ1) is 12.5. The Hall–Kier alpha value is -2.74. The lowest BCUT2D eigenvalue weighted by atomic mass is 10.1. The van der Waals surface area contributed by atoms with Crippen LogP contribution < -0.4 is 0 Å². The molecule has 1 aliphatic heterocycles. The highest BCUT2D eigenvalue weighted by molar-refractivity contribution is 7.08. The monoisotopic (exact) mass is 369 g/mol. The van der Waals surface area contributed by atoms with Gasteiger partial charge in [-0.2, -0.15) is 16.4 Å². The van der Waals surface area contributed by atoms with Crippen LogP contribution >= 0.6 is 11.3 Å². The second-order valence-electron chi connectivity index (χ2n) is 6.37. The predicted octanol–water partition coefficient (Wildman–Crippen LogP) is 2.00. The highest BCUT2D eigenvalue weighted by atomic mass is 32.1. The van der Waals surface area contributed by atoms with Gasteiger partial charge >= 0.3 is 0 Å². The molecule has 1 saturated heterocycles. The molecule has 1 fully saturated rings. The number of rotatable bonds is 2. The molecule has 4 rings (SSSR count). The van der Waals surface area contributed by atoms with E-state index in [1.807, 2.05) is 29.9 Å². The first-order valence-corrected chi connectivity index (χ1v) is 9.39. The van der Waals surface area contributed by atoms with Crippen LogP contribution in [0.15, 0.2) is 29.1 Å². The van der Waals surface area contributed by atoms with Crippen LogP contribution in [0, 0.1) is 0 Å². The molecular formula is C18H19N5O2S. The number of carbonyl (C=O) groups excluding carboxylic acids is 2. The van der Waals surface area contributed by atoms with Crippen molar-refractivity contribution in [1.29, 1.82) is 0 Å². The minimum atomic E-state index is -0.0370. The minimum Gasteiger partial charge on any atom is -0.339 e. The number of hydrogen-bond acceptors (Lipinski definition) is 5. The van der Waals surface area contributed by atoms with Crippen LogP contribution in [0.3, 0.4) is 0 Å². The molecule has 0 unspecified atom stereocenters. The van der Waals surface area contributed by atoms with Crippen molar-refractivity contribution in [3.8, 4) is 11.3 Å². The molecule has 134 valence electrons. The summed E-state index contributed by atoms with van der Waals surface area (Å²) in [5.41, 5.74) is 3.07. The summed E-state index contributed by atoms with van der Waals surface area (Å²) in [6, 6.07) is 3.85. The number of thiophene rings is 1. The van der Waals surface area contributed by atoms with E-state index in [4.69, 9.17) is 0 Å². The molecule has 1 aliphatic rings. The van der Waals surface area contributed by atoms with Gasteiger partial charge in [0.1, 0.15) is 0 Å². The zero-order valence-electron chi connectivity index (χ0n) is 14.7. The van der Waals surface area contributed by atoms with E-state index in [9.17, 15) is 9.59 Å². The molecular weight excluding hydrogens is 350 g/mol. The Bertz CT molecular complexity index is 971. The van der Waals surface area contributed by atoms with E-state index < -0.39 is 0 Å². The van der Waals surface area contributed by atoms with Gasteiger partial charge in [-0.3, -0.25) is 14.3 Å². The van der Waals surface area contributed by atoms with Crippen molar-refractivity contribution in [3.05, 3.63) is 34.7 Å². The summed E-state index contributed by atoms with van der Waals surface area (Å²) in [5.74, 6) is 0.0143. The van der Waals surface area contributed by atoms with Gasteiger partial charge in [0.25, 0.3) is 5.91 Å². The summed E-state index contributed by atoms with van der Waals surface area (Å²) in [7, 11) is 1.83. The number of hydrogen-bond donors (Lipinski definition) is 0. The van der Waals surface area contributed by atoms with Gasteiger partial charge in [-0.05, 0) is 17.5 Å². The van der Waals surface area contributed by atoms with Gasteiger partial charge in [0.2, 0.25) is 5.91 Å². The molecule has 8 heteroatoms. The van der Waals surface area contributed by atoms with E-state index in [1.54, 1.807) is 38.9 Å². The molecule has 0 radical (unpaired) electrons. The van der Waals surface area contributed by atoms with Gasteiger partial charge in [-0.15, -0.1) is 0 Å². The summed E-state index contributed by atoms with van der Waals surface area (Å²) in [6.07, 6.45) is 1.69. The molecule has 7 nitrogen and oxygen atoms in total. The fourth-order valence-electron chi connectivity index (χ4n) is 3.24. The van der Waals surface area contributed by atoms with E-state index >= 15 is 0 Å². The quantitative estimate of drug-likeness (QED) is 0.693. The van der Waals surface area contributed by atoms with Gasteiger partial charge in [-0.25, -0.2) is 4.98 Å². The van der Waals surface area contributed by atoms with Crippen molar-refractivity contribution in [3.63, 3.8) is 0 Å². The van der Waals surface area contributed by atoms with Crippen LogP contribution in [0.2, 0.25) is 0 Å². The fraction of sp³-hybridized carbons (Fsp3) is 0.333. The standard InChI is InChI=1S/C18H19N5O2S/c1-12(24)22-4-6-23(7-5-22)18(25)14-9-16(13-3-8-26-11-13)20-17-15(14)10-19-21(17)2/h3,8-11H,4-7H2,1-2H3. The third-order valence-electron chi connectivity index (χ3n) is 4.76. The second kappa shape index (κ2) is 6.53. The maximum atomic E-state index is 13.2. The Morgan fingerprint density at radius 3 is 2.54 bits per heavy atom. The Morgan fingerprint density at radius 1 is 1.15 bits per heavy atom. The summed E-state index contributed by atoms with van der Waals surface area (Å²) in [6.45, 7) is 3.78. The van der Waals surface area contributed by atoms with Crippen LogP contribution in [0.4, 0.5) is 0 Å². The van der Waals surface area contributed by atoms with Gasteiger partial charge in [0.15, 0.2) is 5.65 Å². The molecule has 0 aromatic carbocycles. The highest BCUT2D eigenvalue weighted by Gasteiger charge is 2.26. The predicted molar refractivity (Wildman–Crippen MR) is 100.0 cm³/mol. The third-order valence-corrected chi connectivity index (χ3v) is 5.45. The molecule has 0 N–H and O–H groups in total. The maximum absolute atomic E-state index is 13.2. The Morgan fingerprint density at radius 2 is 1.88 bits per heavy atom. The van der Waals surface area contributed by atoms with Crippen molar-refractivity contribution < 1.29 is 9.59 Å². The number of nitrogens with zero attached hydrogens (tertiary/aromatic N) is 5. The topological polar surface area (TPSA) is 71.3 Å². The van der Waals surface area contributed by atoms with Crippen LogP contribution in [0.5, 0.6) is 0 Å². The molecule has 4 heterocycles. The summed E-state index contributed by atoms with van der Waals surface area (Å²) in [5, 5.41) is 9.04. The molecule has 3 aromatic rings. The van der Waals surface area contributed by atoms with E-state index in [0.29, 0.717) is 37.4 Å². The Balaban J connectivity index is 1.71. The SMILES string of the molecule is CC(=O)N1CCN(C(=O)c2cc(-c3ccsc3)nc3c2cnn3C)CC1. The van der Waals surface area contributed by atoms with Crippen molar-refractivity contribution in [2.45, 2.75) is 6.92 Å². The lowest BCUT2D eigenvalue weighted by molar-refractivity contribution is -0.130. The summed E-state index contributed by atoms with van der Waals surface area (Å²) in [4.78, 5) is 32.9. The van der Waals surface area contributed by atoms with Crippen LogP contribution in [-0.2, 0) is 11.8 Å². The van der Waals surface area contributed by atoms with Crippen LogP contribution in [0.1, 0.15) is 17.3 Å². The minimum absolute atomic E-state index is 0.0370. The maximum Gasteiger partial charge on any atom is 0.254 e. The zero-order chi connectivity index (χ0) is 18.3. The number of aryl methyl sites for hydroxylation is 1. The third kappa shape index (κ3) is 2.86. The molecule has 0 aliphatic carbocycles. The van der Waals surface area contributed by atoms with Gasteiger partial charge in [0.05, 0.1) is 22.8 Å². The van der Waals surface area contributed by atoms with Gasteiger partial charge in [0, 0.05) is 51.1 Å². The number of piperazine rings is 1. The summed E-state index contributed by atoms with van der Waals surface area (Å²) < 4.78 is 1.69. The Kier molecular flexibility index (Phi) is 4.20. The van der Waals surface area contributed by atoms with E-state index in [-0.39, 0.29) is 11.8 Å². The van der Waals surface area contributed by atoms with Crippen molar-refractivity contribution in [2.75, 3.05) is 26.2 Å². The average Bonchev–Trinajstić information content (AvgIpc) is 3.31. The normalized spacial score (nSPS) is 14.8. The largest absolute Gasteiger partial charge is 0.339 e. The van der Waals surface area contributed by atoms with E-state index in [1.165, 1.54) is 0 Å². The van der Waals surface area contributed by atoms with Crippen molar-refractivity contribution in [2.24, 2.45) is 7.05 Å². The van der Waals surface area contributed by atoms with Crippen molar-refractivity contribution >= 4 is 34.2 Å². The summed E-state index contributed by atoms with van der Waals surface area (Å²) >= 11 is 1.60. The van der Waals surface area contributed by atoms with Gasteiger partial charge in [-0.1, -0.05) is 0 Å².